The van der Waals surface area contributed by atoms with Crippen molar-refractivity contribution in [1.82, 2.24) is 0 Å². The summed E-state index contributed by atoms with van der Waals surface area (Å²) >= 11 is -12.3. The Kier molecular flexibility index (Phi) is 75.5. The zero-order valence-corrected chi connectivity index (χ0v) is 22.8. The molecule has 15 heteroatoms. The zero-order chi connectivity index (χ0) is 10.7. The molecule has 0 aromatic carbocycles. The molecule has 0 aliphatic heterocycles. The van der Waals surface area contributed by atoms with Crippen LogP contribution >= 0.6 is 0 Å². The molecule has 0 atom stereocenters. The summed E-state index contributed by atoms with van der Waals surface area (Å²) in [7, 11) is 0. The maximum atomic E-state index is 8.59. The first-order chi connectivity index (χ1) is 5.20. The average Bonchev–Trinajstić information content (AvgIpc) is 1.54. The molecule has 15 heavy (non-hydrogen) atoms. The van der Waals surface area contributed by atoms with Crippen molar-refractivity contribution in [2.75, 3.05) is 0 Å². The van der Waals surface area contributed by atoms with Gasteiger partial charge in [-0.05, 0) is 0 Å². The van der Waals surface area contributed by atoms with E-state index in [-0.39, 0.29) is 84.6 Å². The Balaban J connectivity index is -0.0000000184. The Morgan fingerprint density at radius 3 is 0.600 bits per heavy atom. The second-order valence-corrected chi connectivity index (χ2v) is 4.11. The van der Waals surface area contributed by atoms with Crippen molar-refractivity contribution in [2.45, 2.75) is 0 Å². The first-order valence-electron chi connectivity index (χ1n) is 1.50. The van der Waals surface area contributed by atoms with Crippen molar-refractivity contribution in [2.24, 2.45) is 0 Å². The van der Waals surface area contributed by atoms with Gasteiger partial charge < -0.3 is 0 Å². The molecule has 0 unspecified atom stereocenters. The van der Waals surface area contributed by atoms with E-state index in [1.54, 1.807) is 0 Å². The van der Waals surface area contributed by atoms with E-state index >= 15 is 0 Å². The summed E-state index contributed by atoms with van der Waals surface area (Å²) in [5.74, 6) is 0. The molecule has 0 fully saturated rings. The van der Waals surface area contributed by atoms with Gasteiger partial charge in [0.05, 0.1) is 0 Å². The molecule has 0 heterocycles. The largest absolute Gasteiger partial charge is 3.00 e. The maximum absolute atomic E-state index is 8.59. The van der Waals surface area contributed by atoms with Crippen LogP contribution in [0.25, 0.3) is 0 Å². The maximum Gasteiger partial charge on any atom is 3.00 e. The second-order valence-electron chi connectivity index (χ2n) is 0.612. The van der Waals surface area contributed by atoms with Gasteiger partial charge in [0.1, 0.15) is 0 Å². The van der Waals surface area contributed by atoms with Crippen LogP contribution in [-0.2, 0) is 28.8 Å². The summed E-state index contributed by atoms with van der Waals surface area (Å²) < 4.78 is 77.3. The van der Waals surface area contributed by atoms with E-state index in [2.05, 4.69) is 0 Å². The van der Waals surface area contributed by atoms with Crippen molar-refractivity contribution in [3.05, 3.63) is 0 Å². The monoisotopic (exact) mass is 759 g/mol. The Labute approximate surface area is 172 Å². The fraction of sp³-hybridized carbons (Fsp3) is 0. The standard InChI is InChI=1S/La.Na.3H2O3Te.Zn/c;;3*1-4(2)3;/h;;3*(H2,1,2,3);/q+3;+1;;;;+2/p-6. The predicted molar refractivity (Wildman–Crippen MR) is 19.3 cm³/mol. The van der Waals surface area contributed by atoms with E-state index in [0.29, 0.717) is 0 Å². The molecule has 0 aliphatic rings. The van der Waals surface area contributed by atoms with Crippen LogP contribution in [0, 0.1) is 35.6 Å². The number of rotatable bonds is 0. The third-order valence-corrected chi connectivity index (χ3v) is 0. The molecule has 0 N–H and O–H groups in total. The van der Waals surface area contributed by atoms with Crippen LogP contribution in [0.4, 0.5) is 0 Å². The number of hydrogen-bond donors (Lipinski definition) is 0. The Morgan fingerprint density at radius 1 is 0.600 bits per heavy atom. The predicted octanol–water partition coefficient (Wildman–Crippen LogP) is -11.6. The topological polar surface area (TPSA) is 190 Å². The van der Waals surface area contributed by atoms with Crippen LogP contribution < -0.4 is 50.4 Å². The van der Waals surface area contributed by atoms with Gasteiger partial charge >= 0.3 is 176 Å². The number of hydrogen-bond acceptors (Lipinski definition) is 9. The molecule has 0 saturated carbocycles. The molecule has 78 valence electrons. The van der Waals surface area contributed by atoms with Gasteiger partial charge in [0.2, 0.25) is 0 Å². The SMILES string of the molecule is O=[Te]([O-])[O-].O=[Te]([O-])[O-].O=[Te]([O-])[O-].[La+3].[Na+].[Zn+2]. The van der Waals surface area contributed by atoms with Crippen LogP contribution in [0.3, 0.4) is 0 Å². The third-order valence-electron chi connectivity index (χ3n) is 0. The minimum absolute atomic E-state index is 0. The Bertz CT molecular complexity index is 123. The average molecular weight is 754 g/mol. The fourth-order valence-electron chi connectivity index (χ4n) is 0. The van der Waals surface area contributed by atoms with Gasteiger partial charge in [0, 0.05) is 0 Å². The molecule has 0 saturated heterocycles. The van der Waals surface area contributed by atoms with E-state index in [9.17, 15) is 0 Å². The van der Waals surface area contributed by atoms with Crippen LogP contribution in [0.5, 0.6) is 0 Å². The molecule has 0 rings (SSSR count). The van der Waals surface area contributed by atoms with Gasteiger partial charge in [0.15, 0.2) is 0 Å². The van der Waals surface area contributed by atoms with Crippen molar-refractivity contribution in [3.8, 4) is 0 Å². The smallest absolute Gasteiger partial charge is 1.00 e. The molecule has 0 spiro atoms. The Hall–Kier alpha value is 4.35. The van der Waals surface area contributed by atoms with Gasteiger partial charge in [-0.25, -0.2) is 0 Å². The van der Waals surface area contributed by atoms with Crippen LogP contribution in [0.2, 0.25) is 0 Å². The van der Waals surface area contributed by atoms with E-state index in [1.807, 2.05) is 0 Å². The van der Waals surface area contributed by atoms with Crippen molar-refractivity contribution in [3.63, 3.8) is 0 Å². The Morgan fingerprint density at radius 2 is 0.600 bits per heavy atom. The third kappa shape index (κ3) is 259. The van der Waals surface area contributed by atoms with Gasteiger partial charge in [-0.1, -0.05) is 0 Å². The second kappa shape index (κ2) is 31.0. The molecule has 0 aliphatic carbocycles. The summed E-state index contributed by atoms with van der Waals surface area (Å²) in [5, 5.41) is 0. The van der Waals surface area contributed by atoms with Crippen molar-refractivity contribution in [1.29, 1.82) is 0 Å². The van der Waals surface area contributed by atoms with Gasteiger partial charge in [-0.3, -0.25) is 0 Å². The van der Waals surface area contributed by atoms with Crippen molar-refractivity contribution >= 4 is 61.1 Å². The summed E-state index contributed by atoms with van der Waals surface area (Å²) in [6.07, 6.45) is 0. The molecule has 9 nitrogen and oxygen atoms in total. The summed E-state index contributed by atoms with van der Waals surface area (Å²) in [6.45, 7) is 0. The summed E-state index contributed by atoms with van der Waals surface area (Å²) in [6, 6.07) is 0. The van der Waals surface area contributed by atoms with Crippen LogP contribution in [-0.4, -0.2) is 61.1 Å². The first kappa shape index (κ1) is 36.6. The van der Waals surface area contributed by atoms with E-state index < -0.39 is 61.1 Å². The van der Waals surface area contributed by atoms with Crippen LogP contribution in [0.15, 0.2) is 0 Å². The quantitative estimate of drug-likeness (QED) is 0.217. The van der Waals surface area contributed by atoms with Gasteiger partial charge in [-0.15, -0.1) is 0 Å². The van der Waals surface area contributed by atoms with Crippen molar-refractivity contribution < 1.29 is 115 Å². The van der Waals surface area contributed by atoms with E-state index in [4.69, 9.17) is 30.1 Å². The van der Waals surface area contributed by atoms with E-state index in [0.717, 1.165) is 0 Å². The van der Waals surface area contributed by atoms with Gasteiger partial charge in [0.25, 0.3) is 0 Å². The molecule has 0 aromatic heterocycles. The zero-order valence-electron chi connectivity index (χ0n) is 7.18. The van der Waals surface area contributed by atoms with Crippen LogP contribution in [0.1, 0.15) is 0 Å². The normalized spacial score (nSPS) is 7.00. The first-order valence-corrected chi connectivity index (χ1v) is 10.1. The summed E-state index contributed by atoms with van der Waals surface area (Å²) in [5.41, 5.74) is 0. The van der Waals surface area contributed by atoms with Gasteiger partial charge in [-0.2, -0.15) is 0 Å². The minimum Gasteiger partial charge on any atom is 1.00 e. The van der Waals surface area contributed by atoms with E-state index in [1.165, 1.54) is 0 Å². The molecular formula is LaNaO9Te3Zn. The minimum atomic E-state index is -4.11. The fourth-order valence-corrected chi connectivity index (χ4v) is 0. The molecule has 0 aromatic rings. The summed E-state index contributed by atoms with van der Waals surface area (Å²) in [4.78, 5) is 0. The molecular weight excluding hydrogens is 754 g/mol. The molecule has 0 radical (unpaired) electrons. The molecule has 0 amide bonds. The molecule has 0 bridgehead atoms.